The molecule has 2 aromatic rings. The summed E-state index contributed by atoms with van der Waals surface area (Å²) in [5.74, 6) is -1.29. The predicted molar refractivity (Wildman–Crippen MR) is 90.9 cm³/mol. The van der Waals surface area contributed by atoms with Crippen LogP contribution < -0.4 is 0 Å². The molecule has 2 unspecified atom stereocenters. The van der Waals surface area contributed by atoms with Gasteiger partial charge in [-0.3, -0.25) is 0 Å². The Balaban J connectivity index is 2.56. The number of rotatable bonds is 6. The lowest BCUT2D eigenvalue weighted by Gasteiger charge is -2.33. The molecule has 3 heteroatoms. The van der Waals surface area contributed by atoms with Crippen LogP contribution in [0.25, 0.3) is 0 Å². The van der Waals surface area contributed by atoms with Crippen LogP contribution in [0.2, 0.25) is 0 Å². The van der Waals surface area contributed by atoms with Crippen molar-refractivity contribution in [2.24, 2.45) is 0 Å². The van der Waals surface area contributed by atoms with Gasteiger partial charge in [-0.2, -0.15) is 0 Å². The minimum Gasteiger partial charge on any atom is -0.461 e. The van der Waals surface area contributed by atoms with Crippen LogP contribution in [-0.4, -0.2) is 17.2 Å². The number of esters is 1. The quantitative estimate of drug-likeness (QED) is 0.652. The Morgan fingerprint density at radius 2 is 1.61 bits per heavy atom. The van der Waals surface area contributed by atoms with Gasteiger partial charge >= 0.3 is 5.97 Å². The number of benzene rings is 2. The molecule has 2 aromatic carbocycles. The normalized spacial score (nSPS) is 14.8. The van der Waals surface area contributed by atoms with Crippen LogP contribution in [0.4, 0.5) is 0 Å². The fourth-order valence-electron chi connectivity index (χ4n) is 2.63. The lowest BCUT2D eigenvalue weighted by atomic mass is 9.77. The molecule has 0 aromatic heterocycles. The number of ether oxygens (including phenoxy) is 1. The minimum atomic E-state index is -1.82. The molecule has 0 bridgehead atoms. The summed E-state index contributed by atoms with van der Waals surface area (Å²) in [7, 11) is 0. The Kier molecular flexibility index (Phi) is 5.35. The maximum absolute atomic E-state index is 12.7. The van der Waals surface area contributed by atoms with Crippen LogP contribution in [0.5, 0.6) is 0 Å². The van der Waals surface area contributed by atoms with Gasteiger partial charge in [-0.1, -0.05) is 66.7 Å². The molecule has 0 spiro atoms. The summed E-state index contributed by atoms with van der Waals surface area (Å²) < 4.78 is 5.34. The van der Waals surface area contributed by atoms with Crippen molar-refractivity contribution in [3.63, 3.8) is 0 Å². The molecule has 1 N–H and O–H groups in total. The first kappa shape index (κ1) is 17.0. The minimum absolute atomic E-state index is 0.320. The molecule has 0 aliphatic heterocycles. The third kappa shape index (κ3) is 3.51. The molecule has 0 aliphatic carbocycles. The summed E-state index contributed by atoms with van der Waals surface area (Å²) in [5, 5.41) is 11.4. The third-order valence-corrected chi connectivity index (χ3v) is 3.71. The van der Waals surface area contributed by atoms with Gasteiger partial charge < -0.3 is 9.84 Å². The molecule has 3 nitrogen and oxygen atoms in total. The van der Waals surface area contributed by atoms with E-state index in [2.05, 4.69) is 6.58 Å². The maximum atomic E-state index is 12.7. The maximum Gasteiger partial charge on any atom is 0.344 e. The summed E-state index contributed by atoms with van der Waals surface area (Å²) in [5.41, 5.74) is -0.539. The fraction of sp³-hybridized carbons (Fsp3) is 0.250. The molecular formula is C20H22O3. The SMILES string of the molecule is C=CC(c1ccccc1)C(O)(C(=O)OC(C)C)c1ccccc1. The Morgan fingerprint density at radius 1 is 1.09 bits per heavy atom. The summed E-state index contributed by atoms with van der Waals surface area (Å²) in [6.45, 7) is 7.34. The number of aliphatic hydroxyl groups is 1. The van der Waals surface area contributed by atoms with Gasteiger partial charge in [-0.25, -0.2) is 4.79 Å². The van der Waals surface area contributed by atoms with Crippen molar-refractivity contribution in [1.29, 1.82) is 0 Å². The molecule has 2 rings (SSSR count). The average molecular weight is 310 g/mol. The van der Waals surface area contributed by atoms with E-state index in [1.165, 1.54) is 0 Å². The van der Waals surface area contributed by atoms with Gasteiger partial charge in [0.25, 0.3) is 0 Å². The molecule has 0 fully saturated rings. The highest BCUT2D eigenvalue weighted by Gasteiger charge is 2.46. The fourth-order valence-corrected chi connectivity index (χ4v) is 2.63. The Labute approximate surface area is 137 Å². The molecule has 2 atom stereocenters. The molecule has 0 saturated heterocycles. The van der Waals surface area contributed by atoms with E-state index < -0.39 is 17.5 Å². The summed E-state index contributed by atoms with van der Waals surface area (Å²) in [6, 6.07) is 18.2. The van der Waals surface area contributed by atoms with Crippen LogP contribution in [0.1, 0.15) is 30.9 Å². The first-order chi connectivity index (χ1) is 11.0. The van der Waals surface area contributed by atoms with Gasteiger partial charge in [-0.05, 0) is 25.0 Å². The second kappa shape index (κ2) is 7.25. The van der Waals surface area contributed by atoms with Crippen LogP contribution in [0, 0.1) is 0 Å². The van der Waals surface area contributed by atoms with Crippen molar-refractivity contribution in [3.05, 3.63) is 84.4 Å². The van der Waals surface area contributed by atoms with E-state index in [-0.39, 0.29) is 6.10 Å². The number of carbonyl (C=O) groups excluding carboxylic acids is 1. The van der Waals surface area contributed by atoms with Crippen molar-refractivity contribution in [1.82, 2.24) is 0 Å². The van der Waals surface area contributed by atoms with Gasteiger partial charge in [0.2, 0.25) is 0 Å². The van der Waals surface area contributed by atoms with E-state index >= 15 is 0 Å². The second-order valence-electron chi connectivity index (χ2n) is 5.71. The highest BCUT2D eigenvalue weighted by molar-refractivity contribution is 5.83. The van der Waals surface area contributed by atoms with Gasteiger partial charge in [0.05, 0.1) is 6.10 Å². The van der Waals surface area contributed by atoms with Crippen LogP contribution in [-0.2, 0) is 15.1 Å². The second-order valence-corrected chi connectivity index (χ2v) is 5.71. The monoisotopic (exact) mass is 310 g/mol. The zero-order valence-electron chi connectivity index (χ0n) is 13.5. The first-order valence-corrected chi connectivity index (χ1v) is 7.66. The lowest BCUT2D eigenvalue weighted by molar-refractivity contribution is -0.172. The number of carbonyl (C=O) groups is 1. The molecule has 0 aliphatic rings. The smallest absolute Gasteiger partial charge is 0.344 e. The summed E-state index contributed by atoms with van der Waals surface area (Å²) in [4.78, 5) is 12.7. The molecule has 0 heterocycles. The summed E-state index contributed by atoms with van der Waals surface area (Å²) >= 11 is 0. The van der Waals surface area contributed by atoms with Crippen molar-refractivity contribution < 1.29 is 14.6 Å². The van der Waals surface area contributed by atoms with Crippen molar-refractivity contribution >= 4 is 5.97 Å². The van der Waals surface area contributed by atoms with E-state index in [9.17, 15) is 9.90 Å². The van der Waals surface area contributed by atoms with Crippen molar-refractivity contribution in [2.45, 2.75) is 31.5 Å². The number of hydrogen-bond donors (Lipinski definition) is 1. The number of hydrogen-bond acceptors (Lipinski definition) is 3. The van der Waals surface area contributed by atoms with Crippen LogP contribution in [0.15, 0.2) is 73.3 Å². The van der Waals surface area contributed by atoms with E-state index in [0.717, 1.165) is 5.56 Å². The zero-order valence-corrected chi connectivity index (χ0v) is 13.5. The Bertz CT molecular complexity index is 649. The molecule has 23 heavy (non-hydrogen) atoms. The third-order valence-electron chi connectivity index (χ3n) is 3.71. The van der Waals surface area contributed by atoms with Crippen LogP contribution >= 0.6 is 0 Å². The molecule has 0 amide bonds. The largest absolute Gasteiger partial charge is 0.461 e. The highest BCUT2D eigenvalue weighted by Crippen LogP contribution is 2.39. The standard InChI is InChI=1S/C20H22O3/c1-4-18(16-11-7-5-8-12-16)20(22,19(21)23-15(2)3)17-13-9-6-10-14-17/h4-15,18,22H,1H2,2-3H3. The summed E-state index contributed by atoms with van der Waals surface area (Å²) in [6.07, 6.45) is 1.27. The molecule has 0 saturated carbocycles. The topological polar surface area (TPSA) is 46.5 Å². The van der Waals surface area contributed by atoms with Crippen molar-refractivity contribution in [3.8, 4) is 0 Å². The first-order valence-electron chi connectivity index (χ1n) is 7.66. The Morgan fingerprint density at radius 3 is 2.09 bits per heavy atom. The molecule has 0 radical (unpaired) electrons. The average Bonchev–Trinajstić information content (AvgIpc) is 2.56. The van der Waals surface area contributed by atoms with Gasteiger partial charge in [0, 0.05) is 5.92 Å². The zero-order chi connectivity index (χ0) is 16.9. The molecular weight excluding hydrogens is 288 g/mol. The lowest BCUT2D eigenvalue weighted by Crippen LogP contribution is -2.43. The van der Waals surface area contributed by atoms with Crippen LogP contribution in [0.3, 0.4) is 0 Å². The van der Waals surface area contributed by atoms with E-state index in [4.69, 9.17) is 4.74 Å². The molecule has 120 valence electrons. The van der Waals surface area contributed by atoms with E-state index in [1.807, 2.05) is 36.4 Å². The van der Waals surface area contributed by atoms with Gasteiger partial charge in [0.1, 0.15) is 0 Å². The van der Waals surface area contributed by atoms with Gasteiger partial charge in [-0.15, -0.1) is 6.58 Å². The van der Waals surface area contributed by atoms with Crippen molar-refractivity contribution in [2.75, 3.05) is 0 Å². The highest BCUT2D eigenvalue weighted by atomic mass is 16.6. The Hall–Kier alpha value is -2.39. The van der Waals surface area contributed by atoms with E-state index in [1.54, 1.807) is 44.2 Å². The van der Waals surface area contributed by atoms with E-state index in [0.29, 0.717) is 5.56 Å². The van der Waals surface area contributed by atoms with Gasteiger partial charge in [0.15, 0.2) is 5.60 Å². The predicted octanol–water partition coefficient (Wildman–Crippen LogP) is 3.80.